The number of hydrogen-bond acceptors (Lipinski definition) is 4. The number of nitrogens with two attached hydrogens (primary N) is 1. The summed E-state index contributed by atoms with van der Waals surface area (Å²) in [5.74, 6) is -0.406. The van der Waals surface area contributed by atoms with Gasteiger partial charge in [0.2, 0.25) is 0 Å². The lowest BCUT2D eigenvalue weighted by Crippen LogP contribution is -2.02. The first kappa shape index (κ1) is 15.2. The Kier molecular flexibility index (Phi) is 4.72. The van der Waals surface area contributed by atoms with Crippen LogP contribution in [0.15, 0.2) is 36.4 Å². The Morgan fingerprint density at radius 2 is 1.95 bits per heavy atom. The van der Waals surface area contributed by atoms with Crippen molar-refractivity contribution in [2.24, 2.45) is 5.73 Å². The molecule has 2 N–H and O–H groups in total. The van der Waals surface area contributed by atoms with Gasteiger partial charge in [-0.15, -0.1) is 0 Å². The van der Waals surface area contributed by atoms with Crippen LogP contribution in [-0.4, -0.2) is 4.92 Å². The topological polar surface area (TPSA) is 78.4 Å². The van der Waals surface area contributed by atoms with Crippen molar-refractivity contribution in [2.45, 2.75) is 13.2 Å². The minimum absolute atomic E-state index is 0.0240. The molecule has 0 aliphatic heterocycles. The molecule has 0 bridgehead atoms. The molecule has 0 amide bonds. The zero-order valence-corrected chi connectivity index (χ0v) is 11.6. The fraction of sp³-hybridized carbons (Fsp3) is 0.143. The molecule has 0 unspecified atom stereocenters. The number of halogens is 2. The molecule has 21 heavy (non-hydrogen) atoms. The van der Waals surface area contributed by atoms with E-state index in [1.54, 1.807) is 6.07 Å². The molecule has 5 nitrogen and oxygen atoms in total. The third kappa shape index (κ3) is 3.68. The van der Waals surface area contributed by atoms with Gasteiger partial charge in [-0.25, -0.2) is 4.39 Å². The second-order valence-electron chi connectivity index (χ2n) is 4.30. The molecule has 0 radical (unpaired) electrons. The average molecular weight is 311 g/mol. The highest BCUT2D eigenvalue weighted by atomic mass is 35.5. The lowest BCUT2D eigenvalue weighted by Gasteiger charge is -2.08. The summed E-state index contributed by atoms with van der Waals surface area (Å²) in [5, 5.41) is 11.0. The summed E-state index contributed by atoms with van der Waals surface area (Å²) in [4.78, 5) is 10.5. The van der Waals surface area contributed by atoms with Crippen molar-refractivity contribution >= 4 is 17.3 Å². The quantitative estimate of drug-likeness (QED) is 0.678. The van der Waals surface area contributed by atoms with Crippen LogP contribution in [0.2, 0.25) is 5.02 Å². The van der Waals surface area contributed by atoms with E-state index in [2.05, 4.69) is 0 Å². The minimum Gasteiger partial charge on any atom is -0.482 e. The Labute approximate surface area is 125 Å². The van der Waals surface area contributed by atoms with Crippen molar-refractivity contribution in [1.29, 1.82) is 0 Å². The Hall–Kier alpha value is -2.18. The highest BCUT2D eigenvalue weighted by Gasteiger charge is 2.16. The van der Waals surface area contributed by atoms with Gasteiger partial charge in [0, 0.05) is 12.6 Å². The number of nitro groups is 1. The Morgan fingerprint density at radius 1 is 1.24 bits per heavy atom. The van der Waals surface area contributed by atoms with Gasteiger partial charge in [-0.1, -0.05) is 23.7 Å². The third-order valence-electron chi connectivity index (χ3n) is 2.83. The predicted octanol–water partition coefficient (Wildman–Crippen LogP) is 3.43. The van der Waals surface area contributed by atoms with Crippen molar-refractivity contribution in [3.05, 3.63) is 68.5 Å². The van der Waals surface area contributed by atoms with Crippen LogP contribution in [0.1, 0.15) is 11.1 Å². The maximum atomic E-state index is 13.0. The summed E-state index contributed by atoms with van der Waals surface area (Å²) < 4.78 is 18.5. The number of rotatable bonds is 5. The molecular formula is C14H12ClFN2O3. The summed E-state index contributed by atoms with van der Waals surface area (Å²) in [7, 11) is 0. The van der Waals surface area contributed by atoms with Crippen molar-refractivity contribution in [1.82, 2.24) is 0 Å². The SMILES string of the molecule is NCc1ccc(OCc2ccc(F)c(Cl)c2)c([N+](=O)[O-])c1. The van der Waals surface area contributed by atoms with Crippen molar-refractivity contribution in [3.8, 4) is 5.75 Å². The molecule has 2 aromatic carbocycles. The maximum absolute atomic E-state index is 13.0. The molecule has 2 rings (SSSR count). The van der Waals surface area contributed by atoms with Crippen LogP contribution in [0, 0.1) is 15.9 Å². The number of hydrogen-bond donors (Lipinski definition) is 1. The van der Waals surface area contributed by atoms with E-state index in [1.807, 2.05) is 0 Å². The molecule has 0 aromatic heterocycles. The van der Waals surface area contributed by atoms with E-state index in [9.17, 15) is 14.5 Å². The van der Waals surface area contributed by atoms with Crippen molar-refractivity contribution in [2.75, 3.05) is 0 Å². The molecule has 0 saturated heterocycles. The van der Waals surface area contributed by atoms with Crippen LogP contribution in [0.3, 0.4) is 0 Å². The molecule has 0 aliphatic rings. The first-order valence-electron chi connectivity index (χ1n) is 6.05. The van der Waals surface area contributed by atoms with Crippen LogP contribution >= 0.6 is 11.6 Å². The fourth-order valence-corrected chi connectivity index (χ4v) is 1.95. The molecule has 2 aromatic rings. The Morgan fingerprint density at radius 3 is 2.57 bits per heavy atom. The molecule has 0 atom stereocenters. The van der Waals surface area contributed by atoms with Crippen LogP contribution in [0.25, 0.3) is 0 Å². The summed E-state index contributed by atoms with van der Waals surface area (Å²) in [5.41, 5.74) is 6.54. The van der Waals surface area contributed by atoms with Crippen molar-refractivity contribution < 1.29 is 14.1 Å². The van der Waals surface area contributed by atoms with Gasteiger partial charge in [0.25, 0.3) is 0 Å². The van der Waals surface area contributed by atoms with Gasteiger partial charge in [-0.3, -0.25) is 10.1 Å². The number of benzene rings is 2. The van der Waals surface area contributed by atoms with Crippen LogP contribution in [-0.2, 0) is 13.2 Å². The smallest absolute Gasteiger partial charge is 0.311 e. The summed E-state index contributed by atoms with van der Waals surface area (Å²) in [6.07, 6.45) is 0. The lowest BCUT2D eigenvalue weighted by atomic mass is 10.2. The lowest BCUT2D eigenvalue weighted by molar-refractivity contribution is -0.386. The van der Waals surface area contributed by atoms with E-state index in [1.165, 1.54) is 30.3 Å². The first-order valence-corrected chi connectivity index (χ1v) is 6.43. The summed E-state index contributed by atoms with van der Waals surface area (Å²) >= 11 is 5.66. The van der Waals surface area contributed by atoms with Crippen LogP contribution in [0.5, 0.6) is 5.75 Å². The van der Waals surface area contributed by atoms with Gasteiger partial charge in [-0.2, -0.15) is 0 Å². The number of ether oxygens (including phenoxy) is 1. The monoisotopic (exact) mass is 310 g/mol. The third-order valence-corrected chi connectivity index (χ3v) is 3.12. The first-order chi connectivity index (χ1) is 10.0. The molecule has 110 valence electrons. The van der Waals surface area contributed by atoms with E-state index in [4.69, 9.17) is 22.1 Å². The fourth-order valence-electron chi connectivity index (χ4n) is 1.75. The molecule has 0 spiro atoms. The second kappa shape index (κ2) is 6.51. The van der Waals surface area contributed by atoms with Crippen LogP contribution in [0.4, 0.5) is 10.1 Å². The summed E-state index contributed by atoms with van der Waals surface area (Å²) in [6.45, 7) is 0.248. The zero-order valence-electron chi connectivity index (χ0n) is 10.9. The molecular weight excluding hydrogens is 299 g/mol. The second-order valence-corrected chi connectivity index (χ2v) is 4.71. The molecule has 0 aliphatic carbocycles. The van der Waals surface area contributed by atoms with Gasteiger partial charge in [-0.05, 0) is 29.3 Å². The minimum atomic E-state index is -0.536. The highest BCUT2D eigenvalue weighted by Crippen LogP contribution is 2.29. The van der Waals surface area contributed by atoms with Gasteiger partial charge in [0.15, 0.2) is 5.75 Å². The van der Waals surface area contributed by atoms with E-state index in [0.29, 0.717) is 11.1 Å². The molecule has 0 saturated carbocycles. The van der Waals surface area contributed by atoms with Gasteiger partial charge in [0.05, 0.1) is 9.95 Å². The van der Waals surface area contributed by atoms with Crippen molar-refractivity contribution in [3.63, 3.8) is 0 Å². The van der Waals surface area contributed by atoms with E-state index in [-0.39, 0.29) is 29.6 Å². The largest absolute Gasteiger partial charge is 0.482 e. The molecule has 7 heteroatoms. The highest BCUT2D eigenvalue weighted by molar-refractivity contribution is 6.30. The van der Waals surface area contributed by atoms with Crippen LogP contribution < -0.4 is 10.5 Å². The number of nitrogens with zero attached hydrogens (tertiary/aromatic N) is 1. The van der Waals surface area contributed by atoms with E-state index in [0.717, 1.165) is 0 Å². The molecule has 0 heterocycles. The normalized spacial score (nSPS) is 10.4. The molecule has 0 fully saturated rings. The maximum Gasteiger partial charge on any atom is 0.311 e. The Bertz CT molecular complexity index is 679. The predicted molar refractivity (Wildman–Crippen MR) is 76.7 cm³/mol. The van der Waals surface area contributed by atoms with Gasteiger partial charge in [0.1, 0.15) is 12.4 Å². The Balaban J connectivity index is 2.19. The standard InChI is InChI=1S/C14H12ClFN2O3/c15-11-5-10(1-3-12(11)16)8-21-14-4-2-9(7-17)6-13(14)18(19)20/h1-6H,7-8,17H2. The number of nitro benzene ring substituents is 1. The van der Waals surface area contributed by atoms with Gasteiger partial charge >= 0.3 is 5.69 Å². The summed E-state index contributed by atoms with van der Waals surface area (Å²) in [6, 6.07) is 8.64. The van der Waals surface area contributed by atoms with E-state index < -0.39 is 10.7 Å². The van der Waals surface area contributed by atoms with E-state index >= 15 is 0 Å². The average Bonchev–Trinajstić information content (AvgIpc) is 2.48. The van der Waals surface area contributed by atoms with Gasteiger partial charge < -0.3 is 10.5 Å². The zero-order chi connectivity index (χ0) is 15.4.